The van der Waals surface area contributed by atoms with Crippen molar-refractivity contribution in [2.75, 3.05) is 6.54 Å². The Hall–Kier alpha value is -5.78. The normalized spacial score (nSPS) is 22.1. The van der Waals surface area contributed by atoms with Crippen LogP contribution in [-0.4, -0.2) is 64.8 Å². The minimum Gasteiger partial charge on any atom is -0.470 e. The number of para-hydroxylation sites is 1. The van der Waals surface area contributed by atoms with Crippen molar-refractivity contribution in [3.8, 4) is 17.3 Å². The summed E-state index contributed by atoms with van der Waals surface area (Å²) in [5.74, 6) is -3.64. The molecular formula is C46H44F6N4O7S. The van der Waals surface area contributed by atoms with Crippen LogP contribution in [0.3, 0.4) is 0 Å². The molecule has 2 aromatic heterocycles. The molecule has 5 aromatic rings. The molecule has 3 fully saturated rings. The summed E-state index contributed by atoms with van der Waals surface area (Å²) in [6, 6.07) is 14.5. The van der Waals surface area contributed by atoms with Crippen molar-refractivity contribution in [1.82, 2.24) is 19.6 Å². The SMILES string of the molecule is C=C[C@@H]1C[C@]1(CC(=O)[C@@H]1C[C@@H](Oc2nc(-c3ccc(C(F)(F)F)cc3)nc3c2oc2ccccc23)CN1C(=O)[C@@H](Cc1cccc(C(F)(F)F)c1)C(C)(C)C)C(=O)NS(=O)(=O)C1CC1. The van der Waals surface area contributed by atoms with E-state index in [1.807, 2.05) is 0 Å². The zero-order chi connectivity index (χ0) is 46.1. The molecule has 64 heavy (non-hydrogen) atoms. The zero-order valence-corrected chi connectivity index (χ0v) is 35.7. The van der Waals surface area contributed by atoms with Gasteiger partial charge in [0.05, 0.1) is 34.4 Å². The molecule has 5 atom stereocenters. The summed E-state index contributed by atoms with van der Waals surface area (Å²) >= 11 is 0. The topological polar surface area (TPSA) is 149 Å². The van der Waals surface area contributed by atoms with Gasteiger partial charge >= 0.3 is 12.4 Å². The number of ketones is 1. The van der Waals surface area contributed by atoms with Gasteiger partial charge in [0.2, 0.25) is 27.4 Å². The molecular weight excluding hydrogens is 867 g/mol. The Morgan fingerprint density at radius 2 is 1.64 bits per heavy atom. The number of alkyl halides is 6. The van der Waals surface area contributed by atoms with Gasteiger partial charge in [-0.15, -0.1) is 6.58 Å². The maximum atomic E-state index is 15.0. The van der Waals surface area contributed by atoms with Crippen LogP contribution >= 0.6 is 0 Å². The van der Waals surface area contributed by atoms with Crippen LogP contribution < -0.4 is 9.46 Å². The number of aromatic nitrogens is 2. The van der Waals surface area contributed by atoms with Crippen molar-refractivity contribution in [3.05, 3.63) is 102 Å². The molecule has 0 radical (unpaired) electrons. The maximum Gasteiger partial charge on any atom is 0.416 e. The lowest BCUT2D eigenvalue weighted by Crippen LogP contribution is -2.48. The summed E-state index contributed by atoms with van der Waals surface area (Å²) in [6.45, 7) is 8.81. The first-order chi connectivity index (χ1) is 30.0. The number of ether oxygens (including phenoxy) is 1. The summed E-state index contributed by atoms with van der Waals surface area (Å²) < 4.78 is 122. The van der Waals surface area contributed by atoms with E-state index in [2.05, 4.69) is 21.3 Å². The van der Waals surface area contributed by atoms with Gasteiger partial charge in [-0.25, -0.2) is 13.4 Å². The number of benzene rings is 3. The van der Waals surface area contributed by atoms with Gasteiger partial charge in [-0.2, -0.15) is 31.3 Å². The highest BCUT2D eigenvalue weighted by Gasteiger charge is 2.61. The average molecular weight is 911 g/mol. The Morgan fingerprint density at radius 3 is 2.27 bits per heavy atom. The zero-order valence-electron chi connectivity index (χ0n) is 34.9. The van der Waals surface area contributed by atoms with Crippen LogP contribution in [0, 0.1) is 22.7 Å². The molecule has 2 aliphatic carbocycles. The number of rotatable bonds is 13. The highest BCUT2D eigenvalue weighted by molar-refractivity contribution is 7.90. The van der Waals surface area contributed by atoms with Crippen molar-refractivity contribution >= 4 is 49.7 Å². The number of likely N-dealkylation sites (tertiary alicyclic amines) is 1. The van der Waals surface area contributed by atoms with Gasteiger partial charge in [-0.1, -0.05) is 69.3 Å². The van der Waals surface area contributed by atoms with Crippen molar-refractivity contribution in [2.45, 2.75) is 89.0 Å². The van der Waals surface area contributed by atoms with Gasteiger partial charge in [-0.05, 0) is 72.9 Å². The first kappa shape index (κ1) is 44.8. The third-order valence-electron chi connectivity index (χ3n) is 12.5. The summed E-state index contributed by atoms with van der Waals surface area (Å²) in [6.07, 6.45) is -8.55. The van der Waals surface area contributed by atoms with Crippen LogP contribution in [0.15, 0.2) is 89.9 Å². The average Bonchev–Trinajstić information content (AvgIpc) is 4.14. The number of hydrogen-bond donors (Lipinski definition) is 1. The van der Waals surface area contributed by atoms with Crippen molar-refractivity contribution in [1.29, 1.82) is 0 Å². The number of amides is 2. The molecule has 3 heterocycles. The number of fused-ring (bicyclic) bond motifs is 3. The molecule has 1 N–H and O–H groups in total. The van der Waals surface area contributed by atoms with Crippen LogP contribution in [-0.2, 0) is 43.2 Å². The smallest absolute Gasteiger partial charge is 0.416 e. The number of allylic oxidation sites excluding steroid dienone is 1. The highest BCUT2D eigenvalue weighted by Crippen LogP contribution is 2.57. The Morgan fingerprint density at radius 1 is 0.953 bits per heavy atom. The minimum atomic E-state index is -4.64. The molecule has 0 spiro atoms. The predicted octanol–water partition coefficient (Wildman–Crippen LogP) is 9.09. The number of nitrogens with one attached hydrogen (secondary N) is 1. The number of furan rings is 1. The number of carbonyl (C=O) groups is 3. The second-order valence-electron chi connectivity index (χ2n) is 18.0. The molecule has 1 saturated heterocycles. The van der Waals surface area contributed by atoms with E-state index < -0.39 is 97.6 Å². The van der Waals surface area contributed by atoms with Crippen molar-refractivity contribution < 1.29 is 58.3 Å². The largest absolute Gasteiger partial charge is 0.470 e. The summed E-state index contributed by atoms with van der Waals surface area (Å²) in [5.41, 5.74) is -2.87. The Kier molecular flexibility index (Phi) is 11.2. The lowest BCUT2D eigenvalue weighted by atomic mass is 9.76. The van der Waals surface area contributed by atoms with Gasteiger partial charge in [-0.3, -0.25) is 19.1 Å². The fourth-order valence-corrected chi connectivity index (χ4v) is 9.94. The second kappa shape index (κ2) is 16.0. The molecule has 8 rings (SSSR count). The Balaban J connectivity index is 1.16. The molecule has 338 valence electrons. The van der Waals surface area contributed by atoms with E-state index in [9.17, 15) is 49.1 Å². The van der Waals surface area contributed by atoms with Crippen LogP contribution in [0.4, 0.5) is 26.3 Å². The number of carbonyl (C=O) groups excluding carboxylic acids is 3. The molecule has 2 amide bonds. The Labute approximate surface area is 364 Å². The molecule has 3 aromatic carbocycles. The van der Waals surface area contributed by atoms with E-state index >= 15 is 0 Å². The van der Waals surface area contributed by atoms with Crippen LogP contribution in [0.25, 0.3) is 33.5 Å². The van der Waals surface area contributed by atoms with E-state index in [1.54, 1.807) is 45.0 Å². The predicted molar refractivity (Wildman–Crippen MR) is 223 cm³/mol. The van der Waals surface area contributed by atoms with Gasteiger partial charge in [0.1, 0.15) is 17.2 Å². The molecule has 11 nitrogen and oxygen atoms in total. The van der Waals surface area contributed by atoms with E-state index in [0.29, 0.717) is 23.8 Å². The third-order valence-corrected chi connectivity index (χ3v) is 14.3. The monoisotopic (exact) mass is 910 g/mol. The summed E-state index contributed by atoms with van der Waals surface area (Å²) in [4.78, 5) is 53.9. The molecule has 0 bridgehead atoms. The molecule has 1 aliphatic heterocycles. The molecule has 2 saturated carbocycles. The quantitative estimate of drug-likeness (QED) is 0.0902. The summed E-state index contributed by atoms with van der Waals surface area (Å²) in [5, 5.41) is -0.165. The molecule has 0 unspecified atom stereocenters. The van der Waals surface area contributed by atoms with E-state index in [4.69, 9.17) is 9.15 Å². The fraction of sp³-hybridized carbons (Fsp3) is 0.413. The maximum absolute atomic E-state index is 15.0. The van der Waals surface area contributed by atoms with Gasteiger partial charge in [0, 0.05) is 29.7 Å². The van der Waals surface area contributed by atoms with Crippen molar-refractivity contribution in [2.24, 2.45) is 22.7 Å². The lowest BCUT2D eigenvalue weighted by molar-refractivity contribution is -0.144. The van der Waals surface area contributed by atoms with E-state index in [-0.39, 0.29) is 59.7 Å². The van der Waals surface area contributed by atoms with Crippen LogP contribution in [0.2, 0.25) is 0 Å². The van der Waals surface area contributed by atoms with E-state index in [0.717, 1.165) is 24.3 Å². The van der Waals surface area contributed by atoms with Crippen LogP contribution in [0.1, 0.15) is 69.6 Å². The summed E-state index contributed by atoms with van der Waals surface area (Å²) in [7, 11) is -3.98. The first-order valence-electron chi connectivity index (χ1n) is 20.7. The standard InChI is InChI=1S/C46H44F6N4O7S/c1-5-27-22-44(27,42(59)55-64(60,61)31-17-18-31)23-35(57)34-21-30(24-56(34)41(58)33(43(2,3)4)20-25-9-8-10-29(19-25)46(50,51)52)62-40-38-37(32-11-6-7-12-36(32)63-38)53-39(54-40)26-13-15-28(16-14-26)45(47,48)49/h5-16,19,27,30-31,33-34H,1,17-18,20-24H2,2-4H3,(H,55,59)/t27-,30-,33-,34+,44-/m1/s1. The first-order valence-corrected chi connectivity index (χ1v) is 22.2. The van der Waals surface area contributed by atoms with Gasteiger partial charge < -0.3 is 14.1 Å². The second-order valence-corrected chi connectivity index (χ2v) is 20.0. The molecule has 18 heteroatoms. The van der Waals surface area contributed by atoms with Crippen LogP contribution in [0.5, 0.6) is 5.88 Å². The number of hydrogen-bond acceptors (Lipinski definition) is 9. The molecule has 3 aliphatic rings. The van der Waals surface area contributed by atoms with Gasteiger partial charge in [0.25, 0.3) is 5.88 Å². The number of Topliss-reactive ketones (excluding diaryl/α,β-unsaturated/α-hetero) is 1. The number of nitrogens with zero attached hydrogens (tertiary/aromatic N) is 3. The number of sulfonamides is 1. The lowest BCUT2D eigenvalue weighted by Gasteiger charge is -2.35. The highest BCUT2D eigenvalue weighted by atomic mass is 32.2. The Bertz CT molecular complexity index is 2780. The van der Waals surface area contributed by atoms with E-state index in [1.165, 1.54) is 35.2 Å². The fourth-order valence-electron chi connectivity index (χ4n) is 8.56. The number of halogens is 6. The van der Waals surface area contributed by atoms with Crippen molar-refractivity contribution in [3.63, 3.8) is 0 Å². The third kappa shape index (κ3) is 8.84. The minimum absolute atomic E-state index is 0.00600. The van der Waals surface area contributed by atoms with Gasteiger partial charge in [0.15, 0.2) is 11.6 Å².